The molecule has 0 bridgehead atoms. The smallest absolute Gasteiger partial charge is 0.141 e. The number of hydrogen-bond donors (Lipinski definition) is 0. The van der Waals surface area contributed by atoms with Crippen molar-refractivity contribution in [2.75, 3.05) is 6.61 Å². The normalized spacial score (nSPS) is 14.2. The Kier molecular flexibility index (Phi) is 2.24. The summed E-state index contributed by atoms with van der Waals surface area (Å²) in [6.07, 6.45) is 0.899. The number of alkyl halides is 1. The molecule has 0 unspecified atom stereocenters. The molecule has 64 valence electrons. The van der Waals surface area contributed by atoms with E-state index in [0.29, 0.717) is 5.88 Å². The van der Waals surface area contributed by atoms with Crippen LogP contribution in [-0.2, 0) is 12.3 Å². The van der Waals surface area contributed by atoms with E-state index in [0.717, 1.165) is 34.6 Å². The maximum Gasteiger partial charge on any atom is 0.141 e. The highest BCUT2D eigenvalue weighted by molar-refractivity contribution is 9.10. The van der Waals surface area contributed by atoms with E-state index in [1.165, 1.54) is 0 Å². The van der Waals surface area contributed by atoms with E-state index in [-0.39, 0.29) is 0 Å². The molecule has 1 aliphatic heterocycles. The van der Waals surface area contributed by atoms with E-state index in [1.807, 2.05) is 6.07 Å². The second-order valence-corrected chi connectivity index (χ2v) is 3.63. The summed E-state index contributed by atoms with van der Waals surface area (Å²) in [6, 6.07) is 1.95. The number of ether oxygens (including phenoxy) is 1. The Bertz CT molecular complexity index is 315. The monoisotopic (exact) mass is 247 g/mol. The minimum absolute atomic E-state index is 0.463. The van der Waals surface area contributed by atoms with E-state index in [2.05, 4.69) is 20.9 Å². The molecule has 0 aliphatic carbocycles. The summed E-state index contributed by atoms with van der Waals surface area (Å²) < 4.78 is 6.19. The molecule has 0 amide bonds. The first-order valence-corrected chi connectivity index (χ1v) is 5.01. The first kappa shape index (κ1) is 8.32. The van der Waals surface area contributed by atoms with Crippen LogP contribution in [0.3, 0.4) is 0 Å². The van der Waals surface area contributed by atoms with Gasteiger partial charge in [0.2, 0.25) is 0 Å². The van der Waals surface area contributed by atoms with Crippen LogP contribution in [0, 0.1) is 0 Å². The SMILES string of the molecule is ClCc1cc2c(nc1Br)CCO2. The van der Waals surface area contributed by atoms with Gasteiger partial charge in [-0.05, 0) is 22.0 Å². The number of rotatable bonds is 1. The molecule has 1 aliphatic rings. The van der Waals surface area contributed by atoms with Crippen molar-refractivity contribution >= 4 is 27.5 Å². The number of aromatic nitrogens is 1. The molecule has 1 aromatic rings. The van der Waals surface area contributed by atoms with Crippen molar-refractivity contribution in [1.82, 2.24) is 4.98 Å². The Labute approximate surface area is 84.0 Å². The van der Waals surface area contributed by atoms with Crippen molar-refractivity contribution in [3.05, 3.63) is 21.9 Å². The van der Waals surface area contributed by atoms with Gasteiger partial charge in [-0.3, -0.25) is 0 Å². The lowest BCUT2D eigenvalue weighted by Gasteiger charge is -2.02. The van der Waals surface area contributed by atoms with Gasteiger partial charge in [-0.25, -0.2) is 4.98 Å². The van der Waals surface area contributed by atoms with Crippen molar-refractivity contribution in [3.63, 3.8) is 0 Å². The number of halogens is 2. The van der Waals surface area contributed by atoms with Crippen molar-refractivity contribution in [3.8, 4) is 5.75 Å². The number of pyridine rings is 1. The molecule has 2 heterocycles. The Morgan fingerprint density at radius 2 is 2.50 bits per heavy atom. The van der Waals surface area contributed by atoms with Crippen LogP contribution in [-0.4, -0.2) is 11.6 Å². The molecule has 0 fully saturated rings. The Morgan fingerprint density at radius 1 is 1.67 bits per heavy atom. The lowest BCUT2D eigenvalue weighted by molar-refractivity contribution is 0.356. The molecule has 1 aromatic heterocycles. The summed E-state index contributed by atoms with van der Waals surface area (Å²) in [5.74, 6) is 1.35. The average molecular weight is 249 g/mol. The predicted molar refractivity (Wildman–Crippen MR) is 50.7 cm³/mol. The van der Waals surface area contributed by atoms with Gasteiger partial charge in [0.15, 0.2) is 0 Å². The third-order valence-electron chi connectivity index (χ3n) is 1.83. The van der Waals surface area contributed by atoms with Crippen LogP contribution in [0.5, 0.6) is 5.75 Å². The fourth-order valence-corrected chi connectivity index (χ4v) is 2.04. The van der Waals surface area contributed by atoms with Gasteiger partial charge in [0.05, 0.1) is 18.2 Å². The average Bonchev–Trinajstić information content (AvgIpc) is 2.49. The van der Waals surface area contributed by atoms with Gasteiger partial charge in [-0.2, -0.15) is 0 Å². The zero-order valence-corrected chi connectivity index (χ0v) is 8.65. The van der Waals surface area contributed by atoms with Crippen LogP contribution in [0.25, 0.3) is 0 Å². The molecule has 0 radical (unpaired) electrons. The molecule has 4 heteroatoms. The summed E-state index contributed by atoms with van der Waals surface area (Å²) in [5, 5.41) is 0. The summed E-state index contributed by atoms with van der Waals surface area (Å²) in [5.41, 5.74) is 2.01. The highest BCUT2D eigenvalue weighted by Crippen LogP contribution is 2.28. The molecular weight excluding hydrogens is 241 g/mol. The molecule has 0 aromatic carbocycles. The van der Waals surface area contributed by atoms with Crippen molar-refractivity contribution in [2.45, 2.75) is 12.3 Å². The standard InChI is InChI=1S/C8H7BrClNO/c9-8-5(4-10)3-7-6(11-8)1-2-12-7/h3H,1-2,4H2. The maximum absolute atomic E-state index is 5.71. The third kappa shape index (κ3) is 1.31. The van der Waals surface area contributed by atoms with Crippen molar-refractivity contribution in [2.24, 2.45) is 0 Å². The molecule has 0 atom stereocenters. The predicted octanol–water partition coefficient (Wildman–Crippen LogP) is 2.52. The minimum Gasteiger partial charge on any atom is -0.491 e. The quantitative estimate of drug-likeness (QED) is 0.563. The Hall–Kier alpha value is -0.280. The fraction of sp³-hybridized carbons (Fsp3) is 0.375. The Balaban J connectivity index is 2.49. The topological polar surface area (TPSA) is 22.1 Å². The first-order valence-electron chi connectivity index (χ1n) is 3.68. The van der Waals surface area contributed by atoms with E-state index in [1.54, 1.807) is 0 Å². The molecule has 2 rings (SSSR count). The molecular formula is C8H7BrClNO. The fourth-order valence-electron chi connectivity index (χ4n) is 1.20. The van der Waals surface area contributed by atoms with E-state index in [9.17, 15) is 0 Å². The Morgan fingerprint density at radius 3 is 3.25 bits per heavy atom. The molecule has 0 saturated heterocycles. The van der Waals surface area contributed by atoms with Crippen LogP contribution < -0.4 is 4.74 Å². The van der Waals surface area contributed by atoms with Crippen molar-refractivity contribution < 1.29 is 4.74 Å². The van der Waals surface area contributed by atoms with Gasteiger partial charge < -0.3 is 4.74 Å². The van der Waals surface area contributed by atoms with Gasteiger partial charge >= 0.3 is 0 Å². The lowest BCUT2D eigenvalue weighted by atomic mass is 10.2. The zero-order chi connectivity index (χ0) is 8.55. The number of nitrogens with zero attached hydrogens (tertiary/aromatic N) is 1. The van der Waals surface area contributed by atoms with E-state index in [4.69, 9.17) is 16.3 Å². The largest absolute Gasteiger partial charge is 0.491 e. The number of hydrogen-bond acceptors (Lipinski definition) is 2. The highest BCUT2D eigenvalue weighted by atomic mass is 79.9. The van der Waals surface area contributed by atoms with Gasteiger partial charge in [-0.1, -0.05) is 0 Å². The second-order valence-electron chi connectivity index (χ2n) is 2.62. The summed E-state index contributed by atoms with van der Waals surface area (Å²) in [4.78, 5) is 4.33. The molecule has 2 nitrogen and oxygen atoms in total. The summed E-state index contributed by atoms with van der Waals surface area (Å²) in [6.45, 7) is 0.737. The lowest BCUT2D eigenvalue weighted by Crippen LogP contribution is -1.89. The van der Waals surface area contributed by atoms with Crippen LogP contribution >= 0.6 is 27.5 Å². The van der Waals surface area contributed by atoms with Crippen LogP contribution in [0.15, 0.2) is 10.7 Å². The van der Waals surface area contributed by atoms with Crippen LogP contribution in [0.2, 0.25) is 0 Å². The molecule has 12 heavy (non-hydrogen) atoms. The highest BCUT2D eigenvalue weighted by Gasteiger charge is 2.15. The van der Waals surface area contributed by atoms with Gasteiger partial charge in [0.1, 0.15) is 10.4 Å². The second kappa shape index (κ2) is 3.23. The molecule has 0 spiro atoms. The first-order chi connectivity index (χ1) is 5.81. The molecule has 0 saturated carbocycles. The molecule has 0 N–H and O–H groups in total. The van der Waals surface area contributed by atoms with Gasteiger partial charge in [0.25, 0.3) is 0 Å². The summed E-state index contributed by atoms with van der Waals surface area (Å²) >= 11 is 9.07. The van der Waals surface area contributed by atoms with Crippen LogP contribution in [0.1, 0.15) is 11.3 Å². The van der Waals surface area contributed by atoms with Crippen molar-refractivity contribution in [1.29, 1.82) is 0 Å². The third-order valence-corrected chi connectivity index (χ3v) is 2.80. The van der Waals surface area contributed by atoms with E-state index >= 15 is 0 Å². The minimum atomic E-state index is 0.463. The van der Waals surface area contributed by atoms with E-state index < -0.39 is 0 Å². The maximum atomic E-state index is 5.71. The number of fused-ring (bicyclic) bond motifs is 1. The zero-order valence-electron chi connectivity index (χ0n) is 6.31. The van der Waals surface area contributed by atoms with Gasteiger partial charge in [-0.15, -0.1) is 11.6 Å². The summed E-state index contributed by atoms with van der Waals surface area (Å²) in [7, 11) is 0. The van der Waals surface area contributed by atoms with Crippen LogP contribution in [0.4, 0.5) is 0 Å². The van der Waals surface area contributed by atoms with Gasteiger partial charge in [0, 0.05) is 12.0 Å².